The number of piperazine rings is 1. The number of sulfonamides is 1. The highest BCUT2D eigenvalue weighted by atomic mass is 32.2. The summed E-state index contributed by atoms with van der Waals surface area (Å²) >= 11 is 1.81. The van der Waals surface area contributed by atoms with Crippen molar-refractivity contribution in [2.45, 2.75) is 18.2 Å². The Morgan fingerprint density at radius 1 is 1.15 bits per heavy atom. The number of nitrogens with one attached hydrogen (secondary N) is 1. The Morgan fingerprint density at radius 3 is 2.67 bits per heavy atom. The number of hydrogen-bond donors (Lipinski definition) is 1. The summed E-state index contributed by atoms with van der Waals surface area (Å²) in [6.07, 6.45) is 1.10. The Bertz CT molecular complexity index is 931. The van der Waals surface area contributed by atoms with E-state index < -0.39 is 10.0 Å². The van der Waals surface area contributed by atoms with E-state index in [0.717, 1.165) is 44.7 Å². The summed E-state index contributed by atoms with van der Waals surface area (Å²) in [5.41, 5.74) is 1.54. The number of amidine groups is 1. The third-order valence-corrected chi connectivity index (χ3v) is 7.31. The van der Waals surface area contributed by atoms with Gasteiger partial charge in [-0.15, -0.1) is 15.7 Å². The maximum Gasteiger partial charge on any atom is 0.286 e. The molecule has 6 nitrogen and oxygen atoms in total. The first-order valence-electron chi connectivity index (χ1n) is 9.18. The highest BCUT2D eigenvalue weighted by Crippen LogP contribution is 2.28. The summed E-state index contributed by atoms with van der Waals surface area (Å²) in [5, 5.41) is 5.32. The fourth-order valence-electron chi connectivity index (χ4n) is 3.49. The zero-order valence-corrected chi connectivity index (χ0v) is 17.0. The molecule has 27 heavy (non-hydrogen) atoms. The number of rotatable bonds is 5. The van der Waals surface area contributed by atoms with Crippen LogP contribution in [0.4, 0.5) is 5.69 Å². The molecule has 0 unspecified atom stereocenters. The van der Waals surface area contributed by atoms with Gasteiger partial charge in [0.1, 0.15) is 10.7 Å². The van der Waals surface area contributed by atoms with Gasteiger partial charge in [0, 0.05) is 37.6 Å². The number of aryl methyl sites for hydroxylation is 1. The monoisotopic (exact) mass is 404 g/mol. The van der Waals surface area contributed by atoms with E-state index in [1.807, 2.05) is 30.4 Å². The van der Waals surface area contributed by atoms with Gasteiger partial charge in [0.15, 0.2) is 0 Å². The van der Waals surface area contributed by atoms with E-state index in [9.17, 15) is 8.42 Å². The molecule has 1 N–H and O–H groups in total. The van der Waals surface area contributed by atoms with Crippen molar-refractivity contribution >= 4 is 32.9 Å². The van der Waals surface area contributed by atoms with Gasteiger partial charge in [-0.05, 0) is 42.5 Å². The molecule has 144 valence electrons. The van der Waals surface area contributed by atoms with Crippen LogP contribution in [0.2, 0.25) is 0 Å². The third kappa shape index (κ3) is 4.40. The van der Waals surface area contributed by atoms with Crippen molar-refractivity contribution < 1.29 is 8.42 Å². The minimum absolute atomic E-state index is 0.268. The van der Waals surface area contributed by atoms with Crippen LogP contribution in [0.25, 0.3) is 0 Å². The van der Waals surface area contributed by atoms with Gasteiger partial charge in [-0.3, -0.25) is 4.90 Å². The molecule has 0 amide bonds. The van der Waals surface area contributed by atoms with Gasteiger partial charge in [-0.2, -0.15) is 8.42 Å². The molecule has 1 fully saturated rings. The predicted molar refractivity (Wildman–Crippen MR) is 110 cm³/mol. The van der Waals surface area contributed by atoms with Crippen LogP contribution in [0.1, 0.15) is 10.4 Å². The number of benzene rings is 1. The van der Waals surface area contributed by atoms with E-state index in [2.05, 4.69) is 37.0 Å². The van der Waals surface area contributed by atoms with E-state index in [1.54, 1.807) is 6.07 Å². The molecule has 0 radical (unpaired) electrons. The van der Waals surface area contributed by atoms with Gasteiger partial charge in [-0.25, -0.2) is 0 Å². The van der Waals surface area contributed by atoms with Crippen LogP contribution in [-0.2, 0) is 16.4 Å². The van der Waals surface area contributed by atoms with Gasteiger partial charge in [0.25, 0.3) is 10.0 Å². The highest BCUT2D eigenvalue weighted by molar-refractivity contribution is 7.90. The lowest BCUT2D eigenvalue weighted by atomic mass is 10.2. The van der Waals surface area contributed by atoms with Crippen LogP contribution in [-0.4, -0.2) is 63.3 Å². The van der Waals surface area contributed by atoms with Crippen LogP contribution in [0.3, 0.4) is 0 Å². The Kier molecular flexibility index (Phi) is 5.32. The molecule has 0 aliphatic carbocycles. The first-order valence-corrected chi connectivity index (χ1v) is 11.5. The molecule has 1 saturated heterocycles. The topological polar surface area (TPSA) is 65.0 Å². The zero-order chi connectivity index (χ0) is 18.9. The Balaban J connectivity index is 1.33. The molecule has 2 aromatic rings. The lowest BCUT2D eigenvalue weighted by molar-refractivity contribution is 0.147. The molecular formula is C19H24N4O2S2. The maximum absolute atomic E-state index is 12.5. The predicted octanol–water partition coefficient (Wildman–Crippen LogP) is 2.43. The van der Waals surface area contributed by atoms with Crippen molar-refractivity contribution in [1.82, 2.24) is 9.80 Å². The summed E-state index contributed by atoms with van der Waals surface area (Å²) in [6.45, 7) is 7.34. The van der Waals surface area contributed by atoms with Gasteiger partial charge in [0.2, 0.25) is 0 Å². The van der Waals surface area contributed by atoms with E-state index in [-0.39, 0.29) is 4.90 Å². The van der Waals surface area contributed by atoms with Crippen molar-refractivity contribution in [3.8, 4) is 0 Å². The van der Waals surface area contributed by atoms with Crippen LogP contribution < -0.4 is 5.32 Å². The molecule has 2 aliphatic rings. The van der Waals surface area contributed by atoms with E-state index in [1.165, 1.54) is 4.88 Å². The molecule has 4 rings (SSSR count). The quantitative estimate of drug-likeness (QED) is 0.829. The molecule has 2 aliphatic heterocycles. The second-order valence-corrected chi connectivity index (χ2v) is 9.69. The highest BCUT2D eigenvalue weighted by Gasteiger charge is 2.26. The van der Waals surface area contributed by atoms with Crippen molar-refractivity contribution in [1.29, 1.82) is 0 Å². The van der Waals surface area contributed by atoms with Gasteiger partial charge in [0.05, 0.1) is 12.2 Å². The third-order valence-electron chi connectivity index (χ3n) is 5.02. The lowest BCUT2D eigenvalue weighted by Crippen LogP contribution is -2.49. The number of nitrogens with zero attached hydrogens (tertiary/aromatic N) is 3. The molecule has 1 aromatic heterocycles. The summed E-state index contributed by atoms with van der Waals surface area (Å²) in [7, 11) is -3.62. The molecule has 0 atom stereocenters. The first-order chi connectivity index (χ1) is 13.0. The minimum atomic E-state index is -3.62. The number of fused-ring (bicyclic) bond motifs is 1. The zero-order valence-electron chi connectivity index (χ0n) is 15.4. The van der Waals surface area contributed by atoms with Crippen molar-refractivity contribution in [2.24, 2.45) is 4.40 Å². The Morgan fingerprint density at radius 2 is 1.93 bits per heavy atom. The fraction of sp³-hybridized carbons (Fsp3) is 0.421. The molecule has 0 bridgehead atoms. The van der Waals surface area contributed by atoms with Crippen molar-refractivity contribution in [3.63, 3.8) is 0 Å². The molecule has 3 heterocycles. The molecule has 0 spiro atoms. The maximum atomic E-state index is 12.5. The molecule has 1 aromatic carbocycles. The van der Waals surface area contributed by atoms with Crippen LogP contribution >= 0.6 is 11.3 Å². The number of thiophene rings is 1. The SMILES string of the molecule is Cc1ccc2c(c1)S(=O)(=O)N=C(CN1CCN(CCc3cccs3)CC1)N2. The van der Waals surface area contributed by atoms with Gasteiger partial charge in [-0.1, -0.05) is 12.1 Å². The Hall–Kier alpha value is -1.74. The van der Waals surface area contributed by atoms with Gasteiger partial charge >= 0.3 is 0 Å². The normalized spacial score (nSPS) is 20.0. The largest absolute Gasteiger partial charge is 0.341 e. The molecular weight excluding hydrogens is 380 g/mol. The van der Waals surface area contributed by atoms with Crippen molar-refractivity contribution in [3.05, 3.63) is 46.2 Å². The fourth-order valence-corrected chi connectivity index (χ4v) is 5.41. The summed E-state index contributed by atoms with van der Waals surface area (Å²) in [6, 6.07) is 9.69. The van der Waals surface area contributed by atoms with Crippen molar-refractivity contribution in [2.75, 3.05) is 44.6 Å². The number of hydrogen-bond acceptors (Lipinski definition) is 6. The average molecular weight is 405 g/mol. The summed E-state index contributed by atoms with van der Waals surface area (Å²) in [5.74, 6) is 0.512. The van der Waals surface area contributed by atoms with E-state index in [0.29, 0.717) is 18.1 Å². The number of anilines is 1. The van der Waals surface area contributed by atoms with Crippen LogP contribution in [0.15, 0.2) is 45.0 Å². The average Bonchev–Trinajstić information content (AvgIpc) is 3.15. The molecule has 0 saturated carbocycles. The second kappa shape index (κ2) is 7.71. The van der Waals surface area contributed by atoms with E-state index >= 15 is 0 Å². The standard InChI is InChI=1S/C19H24N4O2S2/c1-15-4-5-17-18(13-15)27(24,25)21-19(20-17)14-23-10-8-22(9-11-23)7-6-16-3-2-12-26-16/h2-5,12-13H,6-11,14H2,1H3,(H,20,21). The van der Waals surface area contributed by atoms with E-state index in [4.69, 9.17) is 0 Å². The first kappa shape index (κ1) is 18.6. The summed E-state index contributed by atoms with van der Waals surface area (Å²) in [4.78, 5) is 6.44. The van der Waals surface area contributed by atoms with Crippen LogP contribution in [0, 0.1) is 6.92 Å². The molecule has 8 heteroatoms. The Labute approximate surface area is 164 Å². The van der Waals surface area contributed by atoms with Crippen LogP contribution in [0.5, 0.6) is 0 Å². The van der Waals surface area contributed by atoms with Gasteiger partial charge < -0.3 is 10.2 Å². The lowest BCUT2D eigenvalue weighted by Gasteiger charge is -2.35. The second-order valence-electron chi connectivity index (χ2n) is 7.08. The minimum Gasteiger partial charge on any atom is -0.341 e. The summed E-state index contributed by atoms with van der Waals surface area (Å²) < 4.78 is 29.0. The smallest absolute Gasteiger partial charge is 0.286 e.